The summed E-state index contributed by atoms with van der Waals surface area (Å²) in [6.07, 6.45) is 8.84. The van der Waals surface area contributed by atoms with Gasteiger partial charge in [0.1, 0.15) is 0 Å². The van der Waals surface area contributed by atoms with Crippen LogP contribution in [0.25, 0.3) is 0 Å². The van der Waals surface area contributed by atoms with Gasteiger partial charge < -0.3 is 10.4 Å². The van der Waals surface area contributed by atoms with E-state index in [0.717, 1.165) is 51.7 Å². The van der Waals surface area contributed by atoms with Gasteiger partial charge in [0.25, 0.3) is 0 Å². The second-order valence-electron chi connectivity index (χ2n) is 5.48. The van der Waals surface area contributed by atoms with E-state index in [4.69, 9.17) is 5.11 Å². The summed E-state index contributed by atoms with van der Waals surface area (Å²) in [6.45, 7) is 5.41. The molecule has 1 unspecified atom stereocenters. The van der Waals surface area contributed by atoms with Crippen LogP contribution in [0.4, 0.5) is 0 Å². The third kappa shape index (κ3) is 6.39. The number of carbonyl (C=O) groups is 1. The van der Waals surface area contributed by atoms with Gasteiger partial charge in [0.2, 0.25) is 5.91 Å². The van der Waals surface area contributed by atoms with Crippen molar-refractivity contribution < 1.29 is 9.90 Å². The number of unbranched alkanes of at least 4 members (excludes halogenated alkanes) is 5. The molecule has 0 aromatic rings. The van der Waals surface area contributed by atoms with E-state index in [1.54, 1.807) is 0 Å². The number of nitrogens with zero attached hydrogens (tertiary/aromatic N) is 1. The van der Waals surface area contributed by atoms with Crippen LogP contribution in [0.15, 0.2) is 0 Å². The van der Waals surface area contributed by atoms with Crippen molar-refractivity contribution in [3.05, 3.63) is 0 Å². The first-order chi connectivity index (χ1) is 9.29. The van der Waals surface area contributed by atoms with E-state index in [1.165, 1.54) is 19.3 Å². The number of amides is 1. The second kappa shape index (κ2) is 10.2. The number of likely N-dealkylation sites (tertiary alicyclic amines) is 1. The molecule has 1 aliphatic rings. The van der Waals surface area contributed by atoms with Gasteiger partial charge in [-0.1, -0.05) is 32.6 Å². The van der Waals surface area contributed by atoms with Crippen molar-refractivity contribution >= 4 is 5.91 Å². The van der Waals surface area contributed by atoms with Gasteiger partial charge in [-0.2, -0.15) is 0 Å². The Morgan fingerprint density at radius 2 is 1.89 bits per heavy atom. The van der Waals surface area contributed by atoms with Gasteiger partial charge in [0.15, 0.2) is 0 Å². The van der Waals surface area contributed by atoms with E-state index < -0.39 is 0 Å². The molecule has 0 radical (unpaired) electrons. The van der Waals surface area contributed by atoms with E-state index in [1.807, 2.05) is 0 Å². The summed E-state index contributed by atoms with van der Waals surface area (Å²) in [5.74, 6) is 0.222. The average Bonchev–Trinajstić information content (AvgIpc) is 2.37. The Kier molecular flexibility index (Phi) is 8.84. The molecule has 0 bridgehead atoms. The fourth-order valence-corrected chi connectivity index (χ4v) is 2.57. The minimum atomic E-state index is 0.143. The molecule has 0 spiro atoms. The van der Waals surface area contributed by atoms with Gasteiger partial charge in [-0.05, 0) is 32.2 Å². The van der Waals surface area contributed by atoms with Crippen LogP contribution >= 0.6 is 0 Å². The quantitative estimate of drug-likeness (QED) is 0.564. The molecule has 2 N–H and O–H groups in total. The van der Waals surface area contributed by atoms with Crippen molar-refractivity contribution in [2.45, 2.75) is 64.3 Å². The van der Waals surface area contributed by atoms with Gasteiger partial charge in [-0.15, -0.1) is 0 Å². The number of aliphatic hydroxyl groups excluding tert-OH is 1. The van der Waals surface area contributed by atoms with Crippen molar-refractivity contribution in [1.82, 2.24) is 10.2 Å². The van der Waals surface area contributed by atoms with E-state index >= 15 is 0 Å². The molecule has 4 nitrogen and oxygen atoms in total. The Bertz CT molecular complexity index is 246. The third-order valence-electron chi connectivity index (χ3n) is 3.83. The highest BCUT2D eigenvalue weighted by molar-refractivity contribution is 5.82. The zero-order chi connectivity index (χ0) is 13.9. The normalized spacial score (nSPS) is 19.2. The molecule has 1 heterocycles. The Hall–Kier alpha value is -0.610. The smallest absolute Gasteiger partial charge is 0.237 e. The molecule has 0 aromatic carbocycles. The summed E-state index contributed by atoms with van der Waals surface area (Å²) in [4.78, 5) is 14.2. The molecule has 1 fully saturated rings. The van der Waals surface area contributed by atoms with E-state index in [0.29, 0.717) is 6.61 Å². The van der Waals surface area contributed by atoms with Crippen LogP contribution < -0.4 is 5.32 Å². The Morgan fingerprint density at radius 1 is 1.21 bits per heavy atom. The monoisotopic (exact) mass is 270 g/mol. The molecule has 1 amide bonds. The molecule has 0 aliphatic carbocycles. The summed E-state index contributed by atoms with van der Waals surface area (Å²) in [5.41, 5.74) is 0. The van der Waals surface area contributed by atoms with Gasteiger partial charge in [-0.3, -0.25) is 9.69 Å². The van der Waals surface area contributed by atoms with Gasteiger partial charge in [0, 0.05) is 19.7 Å². The van der Waals surface area contributed by atoms with E-state index in [2.05, 4.69) is 17.1 Å². The zero-order valence-corrected chi connectivity index (χ0v) is 12.4. The summed E-state index contributed by atoms with van der Waals surface area (Å²) in [5, 5.41) is 11.7. The highest BCUT2D eigenvalue weighted by Crippen LogP contribution is 2.17. The molecule has 0 aromatic heterocycles. The maximum atomic E-state index is 11.9. The maximum absolute atomic E-state index is 11.9. The molecule has 1 aliphatic heterocycles. The molecule has 19 heavy (non-hydrogen) atoms. The first kappa shape index (κ1) is 16.4. The molecule has 4 heteroatoms. The van der Waals surface area contributed by atoms with Crippen LogP contribution in [0.5, 0.6) is 0 Å². The highest BCUT2D eigenvalue weighted by atomic mass is 16.2. The molecular weight excluding hydrogens is 240 g/mol. The topological polar surface area (TPSA) is 52.6 Å². The number of nitrogens with one attached hydrogen (secondary N) is 1. The van der Waals surface area contributed by atoms with E-state index in [9.17, 15) is 4.79 Å². The van der Waals surface area contributed by atoms with Gasteiger partial charge in [-0.25, -0.2) is 0 Å². The lowest BCUT2D eigenvalue weighted by atomic mass is 10.0. The van der Waals surface area contributed by atoms with Crippen LogP contribution in [0, 0.1) is 0 Å². The van der Waals surface area contributed by atoms with Crippen LogP contribution in [0.3, 0.4) is 0 Å². The van der Waals surface area contributed by atoms with Gasteiger partial charge >= 0.3 is 0 Å². The fraction of sp³-hybridized carbons (Fsp3) is 0.933. The molecule has 1 saturated heterocycles. The first-order valence-corrected chi connectivity index (χ1v) is 7.92. The van der Waals surface area contributed by atoms with Crippen molar-refractivity contribution in [1.29, 1.82) is 0 Å². The minimum Gasteiger partial charge on any atom is -0.396 e. The summed E-state index contributed by atoms with van der Waals surface area (Å²) >= 11 is 0. The van der Waals surface area contributed by atoms with Crippen LogP contribution in [0.1, 0.15) is 58.3 Å². The van der Waals surface area contributed by atoms with Crippen LogP contribution in [0.2, 0.25) is 0 Å². The highest BCUT2D eigenvalue weighted by Gasteiger charge is 2.32. The summed E-state index contributed by atoms with van der Waals surface area (Å²) < 4.78 is 0. The maximum Gasteiger partial charge on any atom is 0.237 e. The van der Waals surface area contributed by atoms with Crippen LogP contribution in [-0.4, -0.2) is 48.2 Å². The SMILES string of the molecule is CCCN1CCC1C(=O)NCCCCCCCCO. The Labute approximate surface area is 117 Å². The third-order valence-corrected chi connectivity index (χ3v) is 3.83. The number of hydrogen-bond acceptors (Lipinski definition) is 3. The van der Waals surface area contributed by atoms with Crippen molar-refractivity contribution in [3.8, 4) is 0 Å². The predicted molar refractivity (Wildman–Crippen MR) is 78.1 cm³/mol. The molecule has 1 rings (SSSR count). The number of hydrogen-bond donors (Lipinski definition) is 2. The lowest BCUT2D eigenvalue weighted by Gasteiger charge is -2.39. The van der Waals surface area contributed by atoms with Crippen molar-refractivity contribution in [3.63, 3.8) is 0 Å². The predicted octanol–water partition coefficient (Wildman–Crippen LogP) is 1.92. The minimum absolute atomic E-state index is 0.143. The zero-order valence-electron chi connectivity index (χ0n) is 12.4. The largest absolute Gasteiger partial charge is 0.396 e. The number of aliphatic hydroxyl groups is 1. The second-order valence-corrected chi connectivity index (χ2v) is 5.48. The standard InChI is InChI=1S/C15H30N2O2/c1-2-11-17-12-9-14(17)15(19)16-10-7-5-3-4-6-8-13-18/h14,18H,2-13H2,1H3,(H,16,19). The average molecular weight is 270 g/mol. The molecular formula is C15H30N2O2. The molecule has 0 saturated carbocycles. The van der Waals surface area contributed by atoms with Crippen LogP contribution in [-0.2, 0) is 4.79 Å². The molecule has 1 atom stereocenters. The summed E-state index contributed by atoms with van der Waals surface area (Å²) in [6, 6.07) is 0.143. The fourth-order valence-electron chi connectivity index (χ4n) is 2.57. The lowest BCUT2D eigenvalue weighted by molar-refractivity contribution is -0.130. The Morgan fingerprint density at radius 3 is 2.47 bits per heavy atom. The Balaban J connectivity index is 1.93. The lowest BCUT2D eigenvalue weighted by Crippen LogP contribution is -2.56. The number of rotatable bonds is 11. The van der Waals surface area contributed by atoms with Gasteiger partial charge in [0.05, 0.1) is 6.04 Å². The van der Waals surface area contributed by atoms with Crippen molar-refractivity contribution in [2.75, 3.05) is 26.2 Å². The van der Waals surface area contributed by atoms with Crippen molar-refractivity contribution in [2.24, 2.45) is 0 Å². The summed E-state index contributed by atoms with van der Waals surface area (Å²) in [7, 11) is 0. The number of carbonyl (C=O) groups excluding carboxylic acids is 1. The first-order valence-electron chi connectivity index (χ1n) is 7.92. The molecule has 112 valence electrons. The van der Waals surface area contributed by atoms with E-state index in [-0.39, 0.29) is 11.9 Å².